The molecule has 19 heavy (non-hydrogen) atoms. The lowest BCUT2D eigenvalue weighted by atomic mass is 10.1. The molecule has 3 nitrogen and oxygen atoms in total. The van der Waals surface area contributed by atoms with Crippen molar-refractivity contribution in [2.24, 2.45) is 0 Å². The van der Waals surface area contributed by atoms with Gasteiger partial charge in [-0.1, -0.05) is 24.8 Å². The molecular weight excluding hydrogens is 255 g/mol. The van der Waals surface area contributed by atoms with Crippen LogP contribution in [-0.4, -0.2) is 18.2 Å². The average Bonchev–Trinajstić information content (AvgIpc) is 2.27. The van der Waals surface area contributed by atoms with Crippen LogP contribution in [0.1, 0.15) is 12.5 Å². The molecule has 0 aliphatic rings. The molecule has 102 valence electrons. The Morgan fingerprint density at radius 3 is 2.21 bits per heavy atom. The quantitative estimate of drug-likeness (QED) is 0.450. The lowest BCUT2D eigenvalue weighted by Gasteiger charge is -2.16. The molecular formula is C15H22N2OP+. The van der Waals surface area contributed by atoms with Crippen molar-refractivity contribution >= 4 is 30.2 Å². The zero-order chi connectivity index (χ0) is 14.8. The normalized spacial score (nSPS) is 11.8. The number of rotatable bonds is 4. The molecule has 0 aromatic heterocycles. The summed E-state index contributed by atoms with van der Waals surface area (Å²) in [5.74, 6) is 0. The van der Waals surface area contributed by atoms with Crippen molar-refractivity contribution in [3.05, 3.63) is 48.1 Å². The highest BCUT2D eigenvalue weighted by Crippen LogP contribution is 2.48. The lowest BCUT2D eigenvalue weighted by Crippen LogP contribution is -2.18. The molecule has 0 unspecified atom stereocenters. The van der Waals surface area contributed by atoms with E-state index < -0.39 is 7.49 Å². The first-order chi connectivity index (χ1) is 8.64. The second kappa shape index (κ2) is 5.60. The summed E-state index contributed by atoms with van der Waals surface area (Å²) in [6.45, 7) is 13.2. The summed E-state index contributed by atoms with van der Waals surface area (Å²) < 4.78 is 0. The number of hydrogen-bond donors (Lipinski definition) is 3. The van der Waals surface area contributed by atoms with Gasteiger partial charge in [-0.15, -0.1) is 0 Å². The van der Waals surface area contributed by atoms with Gasteiger partial charge in [-0.25, -0.2) is 4.89 Å². The van der Waals surface area contributed by atoms with Crippen LogP contribution in [0, 0.1) is 0 Å². The maximum Gasteiger partial charge on any atom is 0.171 e. The van der Waals surface area contributed by atoms with Gasteiger partial charge in [0.1, 0.15) is 0 Å². The van der Waals surface area contributed by atoms with E-state index in [0.29, 0.717) is 11.4 Å². The molecule has 0 saturated heterocycles. The molecule has 5 N–H and O–H groups in total. The molecule has 1 rings (SSSR count). The summed E-state index contributed by atoms with van der Waals surface area (Å²) in [5.41, 5.74) is 15.6. The maximum atomic E-state index is 10.4. The topological polar surface area (TPSA) is 72.3 Å². The van der Waals surface area contributed by atoms with E-state index in [1.54, 1.807) is 25.5 Å². The molecule has 1 aromatic rings. The van der Waals surface area contributed by atoms with Crippen LogP contribution in [0.3, 0.4) is 0 Å². The molecule has 0 fully saturated rings. The number of hydrogen-bond acceptors (Lipinski definition) is 3. The number of anilines is 2. The van der Waals surface area contributed by atoms with Crippen LogP contribution in [0.2, 0.25) is 0 Å². The van der Waals surface area contributed by atoms with Gasteiger partial charge in [-0.2, -0.15) is 0 Å². The Morgan fingerprint density at radius 2 is 1.74 bits per heavy atom. The Morgan fingerprint density at radius 1 is 1.21 bits per heavy atom. The van der Waals surface area contributed by atoms with Crippen molar-refractivity contribution in [3.63, 3.8) is 0 Å². The summed E-state index contributed by atoms with van der Waals surface area (Å²) in [4.78, 5) is 10.4. The largest absolute Gasteiger partial charge is 0.398 e. The highest BCUT2D eigenvalue weighted by Gasteiger charge is 2.31. The first kappa shape index (κ1) is 15.5. The van der Waals surface area contributed by atoms with E-state index in [-0.39, 0.29) is 0 Å². The maximum absolute atomic E-state index is 10.4. The molecule has 0 aliphatic carbocycles. The number of allylic oxidation sites excluding steroid dienone is 3. The fourth-order valence-corrected chi connectivity index (χ4v) is 3.25. The standard InChI is InChI=1S/C15H22N2OP/c1-10(2)11(3)6-7-12-13(16)8-9-14(17)15(12)19(4,5)18/h6-9,18H,1,3,16-17H2,2,4-5H3/q+1/b7-6-. The zero-order valence-corrected chi connectivity index (χ0v) is 12.7. The molecule has 0 radical (unpaired) electrons. The number of nitrogen functional groups attached to an aromatic ring is 2. The Hall–Kier alpha value is -1.57. The highest BCUT2D eigenvalue weighted by atomic mass is 31.2. The van der Waals surface area contributed by atoms with Crippen molar-refractivity contribution in [3.8, 4) is 0 Å². The van der Waals surface area contributed by atoms with E-state index in [4.69, 9.17) is 11.5 Å². The number of benzene rings is 1. The SMILES string of the molecule is C=C(C)C(=C)/C=C\c1c(N)ccc(N)c1[P+](C)(C)O. The van der Waals surface area contributed by atoms with Gasteiger partial charge in [0.25, 0.3) is 0 Å². The summed E-state index contributed by atoms with van der Waals surface area (Å²) in [6, 6.07) is 3.48. The monoisotopic (exact) mass is 277 g/mol. The van der Waals surface area contributed by atoms with E-state index in [2.05, 4.69) is 13.2 Å². The van der Waals surface area contributed by atoms with Gasteiger partial charge in [0, 0.05) is 11.3 Å². The lowest BCUT2D eigenvalue weighted by molar-refractivity contribution is 0.625. The molecule has 0 bridgehead atoms. The molecule has 0 spiro atoms. The van der Waals surface area contributed by atoms with Gasteiger partial charge >= 0.3 is 0 Å². The van der Waals surface area contributed by atoms with Crippen LogP contribution in [0.25, 0.3) is 6.08 Å². The van der Waals surface area contributed by atoms with Crippen molar-refractivity contribution in [1.29, 1.82) is 0 Å². The van der Waals surface area contributed by atoms with Gasteiger partial charge in [-0.05, 0) is 30.7 Å². The third-order valence-electron chi connectivity index (χ3n) is 2.83. The Labute approximate surface area is 115 Å². The van der Waals surface area contributed by atoms with Crippen molar-refractivity contribution in [2.45, 2.75) is 6.92 Å². The second-order valence-corrected chi connectivity index (χ2v) is 8.28. The van der Waals surface area contributed by atoms with Crippen LogP contribution >= 0.6 is 7.49 Å². The van der Waals surface area contributed by atoms with Crippen molar-refractivity contribution < 1.29 is 4.89 Å². The minimum absolute atomic E-state index is 0.565. The summed E-state index contributed by atoms with van der Waals surface area (Å²) in [6.07, 6.45) is 3.68. The second-order valence-electron chi connectivity index (χ2n) is 5.04. The van der Waals surface area contributed by atoms with E-state index >= 15 is 0 Å². The van der Waals surface area contributed by atoms with Gasteiger partial charge in [0.2, 0.25) is 0 Å². The van der Waals surface area contributed by atoms with E-state index in [1.807, 2.05) is 19.1 Å². The van der Waals surface area contributed by atoms with Gasteiger partial charge < -0.3 is 11.5 Å². The molecule has 1 aromatic carbocycles. The predicted molar refractivity (Wildman–Crippen MR) is 88.9 cm³/mol. The van der Waals surface area contributed by atoms with Gasteiger partial charge in [0.15, 0.2) is 12.8 Å². The molecule has 0 aliphatic heterocycles. The van der Waals surface area contributed by atoms with E-state index in [0.717, 1.165) is 22.0 Å². The number of nitrogens with two attached hydrogens (primary N) is 2. The van der Waals surface area contributed by atoms with Crippen molar-refractivity contribution in [2.75, 3.05) is 24.8 Å². The first-order valence-corrected chi connectivity index (χ1v) is 8.56. The third kappa shape index (κ3) is 3.69. The molecule has 4 heteroatoms. The summed E-state index contributed by atoms with van der Waals surface area (Å²) >= 11 is 0. The van der Waals surface area contributed by atoms with Crippen LogP contribution in [0.4, 0.5) is 11.4 Å². The van der Waals surface area contributed by atoms with Gasteiger partial charge in [0.05, 0.1) is 19.0 Å². The Kier molecular flexibility index (Phi) is 4.56. The third-order valence-corrected chi connectivity index (χ3v) is 4.42. The van der Waals surface area contributed by atoms with Crippen LogP contribution < -0.4 is 16.8 Å². The van der Waals surface area contributed by atoms with Crippen LogP contribution in [0.15, 0.2) is 42.5 Å². The smallest absolute Gasteiger partial charge is 0.171 e. The van der Waals surface area contributed by atoms with Crippen LogP contribution in [-0.2, 0) is 0 Å². The first-order valence-electron chi connectivity index (χ1n) is 5.92. The predicted octanol–water partition coefficient (Wildman–Crippen LogP) is 2.81. The van der Waals surface area contributed by atoms with E-state index in [9.17, 15) is 4.89 Å². The molecule has 0 heterocycles. The van der Waals surface area contributed by atoms with E-state index in [1.165, 1.54) is 0 Å². The van der Waals surface area contributed by atoms with Crippen LogP contribution in [0.5, 0.6) is 0 Å². The summed E-state index contributed by atoms with van der Waals surface area (Å²) in [7, 11) is -2.26. The fraction of sp³-hybridized carbons (Fsp3) is 0.200. The Balaban J connectivity index is 3.38. The van der Waals surface area contributed by atoms with Crippen molar-refractivity contribution in [1.82, 2.24) is 0 Å². The minimum atomic E-state index is -2.26. The van der Waals surface area contributed by atoms with Gasteiger partial charge in [-0.3, -0.25) is 0 Å². The zero-order valence-electron chi connectivity index (χ0n) is 11.8. The molecule has 0 saturated carbocycles. The summed E-state index contributed by atoms with van der Waals surface area (Å²) in [5, 5.41) is 0.735. The average molecular weight is 277 g/mol. The molecule has 0 amide bonds. The fourth-order valence-electron chi connectivity index (χ4n) is 1.75. The minimum Gasteiger partial charge on any atom is -0.398 e. The molecule has 0 atom stereocenters. The Bertz CT molecular complexity index is 554. The highest BCUT2D eigenvalue weighted by molar-refractivity contribution is 7.76.